The van der Waals surface area contributed by atoms with Crippen molar-refractivity contribution in [1.29, 1.82) is 0 Å². The summed E-state index contributed by atoms with van der Waals surface area (Å²) in [5.74, 6) is 0.851. The van der Waals surface area contributed by atoms with Gasteiger partial charge in [0.25, 0.3) is 0 Å². The fraction of sp³-hybridized carbons (Fsp3) is 0.400. The van der Waals surface area contributed by atoms with E-state index in [2.05, 4.69) is 67.4 Å². The van der Waals surface area contributed by atoms with Crippen LogP contribution in [0.25, 0.3) is 22.2 Å². The number of anilines is 1. The first-order valence-corrected chi connectivity index (χ1v) is 10.7. The van der Waals surface area contributed by atoms with Crippen molar-refractivity contribution in [2.75, 3.05) is 32.1 Å². The highest BCUT2D eigenvalue weighted by molar-refractivity contribution is 5.94. The third-order valence-corrected chi connectivity index (χ3v) is 5.49. The van der Waals surface area contributed by atoms with Crippen LogP contribution in [0.4, 0.5) is 5.69 Å². The number of hydrogen-bond donors (Lipinski definition) is 1. The summed E-state index contributed by atoms with van der Waals surface area (Å²) in [6, 6.07) is 19.0. The lowest BCUT2D eigenvalue weighted by atomic mass is 10.1. The van der Waals surface area contributed by atoms with Gasteiger partial charge in [0.15, 0.2) is 0 Å². The summed E-state index contributed by atoms with van der Waals surface area (Å²) < 4.78 is 5.45. The summed E-state index contributed by atoms with van der Waals surface area (Å²) in [6.45, 7) is 10.1. The Balaban J connectivity index is 1.85. The summed E-state index contributed by atoms with van der Waals surface area (Å²) in [5, 5.41) is 4.84. The number of methoxy groups -OCH3 is 1. The Hall–Kier alpha value is -2.59. The molecule has 3 aromatic rings. The lowest BCUT2D eigenvalue weighted by Crippen LogP contribution is -2.25. The first kappa shape index (κ1) is 21.1. The number of benzene rings is 2. The van der Waals surface area contributed by atoms with Crippen molar-refractivity contribution in [3.8, 4) is 17.0 Å². The number of hydrogen-bond acceptors (Lipinski definition) is 4. The molecule has 154 valence electrons. The molecule has 2 aromatic carbocycles. The van der Waals surface area contributed by atoms with Gasteiger partial charge < -0.3 is 15.0 Å². The standard InChI is InChI=1S/C25H33N3O/c1-5-28(6-2)16-10-11-19(3)26-25-18-24(20-12-8-7-9-13-20)27-23-15-14-21(29-4)17-22(23)25/h7-9,12-15,17-19H,5-6,10-11,16H2,1-4H3,(H,26,27)/t19-/m1/s1. The highest BCUT2D eigenvalue weighted by Crippen LogP contribution is 2.31. The van der Waals surface area contributed by atoms with E-state index in [9.17, 15) is 0 Å². The van der Waals surface area contributed by atoms with E-state index in [4.69, 9.17) is 9.72 Å². The second-order valence-corrected chi connectivity index (χ2v) is 7.52. The van der Waals surface area contributed by atoms with Gasteiger partial charge in [-0.05, 0) is 63.7 Å². The Kier molecular flexibility index (Phi) is 7.48. The van der Waals surface area contributed by atoms with E-state index < -0.39 is 0 Å². The summed E-state index contributed by atoms with van der Waals surface area (Å²) in [5.41, 5.74) is 4.21. The molecule has 3 rings (SSSR count). The molecule has 0 amide bonds. The van der Waals surface area contributed by atoms with E-state index in [1.165, 1.54) is 6.42 Å². The zero-order valence-electron chi connectivity index (χ0n) is 18.1. The lowest BCUT2D eigenvalue weighted by Gasteiger charge is -2.21. The summed E-state index contributed by atoms with van der Waals surface area (Å²) >= 11 is 0. The molecule has 0 spiro atoms. The Morgan fingerprint density at radius 3 is 2.48 bits per heavy atom. The third-order valence-electron chi connectivity index (χ3n) is 5.49. The lowest BCUT2D eigenvalue weighted by molar-refractivity contribution is 0.295. The van der Waals surface area contributed by atoms with E-state index >= 15 is 0 Å². The molecule has 0 radical (unpaired) electrons. The largest absolute Gasteiger partial charge is 0.497 e. The Bertz CT molecular complexity index is 907. The van der Waals surface area contributed by atoms with E-state index in [-0.39, 0.29) is 0 Å². The number of ether oxygens (including phenoxy) is 1. The van der Waals surface area contributed by atoms with E-state index in [1.807, 2.05) is 18.2 Å². The Morgan fingerprint density at radius 1 is 1.03 bits per heavy atom. The van der Waals surface area contributed by atoms with Gasteiger partial charge in [-0.2, -0.15) is 0 Å². The van der Waals surface area contributed by atoms with Crippen LogP contribution in [-0.4, -0.2) is 42.7 Å². The summed E-state index contributed by atoms with van der Waals surface area (Å²) in [6.07, 6.45) is 2.32. The maximum absolute atomic E-state index is 5.45. The number of aromatic nitrogens is 1. The van der Waals surface area contributed by atoms with Crippen LogP contribution in [0.2, 0.25) is 0 Å². The quantitative estimate of drug-likeness (QED) is 0.472. The van der Waals surface area contributed by atoms with Gasteiger partial charge in [0.05, 0.1) is 18.3 Å². The van der Waals surface area contributed by atoms with Crippen LogP contribution in [-0.2, 0) is 0 Å². The highest BCUT2D eigenvalue weighted by Gasteiger charge is 2.11. The molecule has 0 aliphatic heterocycles. The first-order chi connectivity index (χ1) is 14.1. The zero-order chi connectivity index (χ0) is 20.6. The van der Waals surface area contributed by atoms with Gasteiger partial charge in [0.1, 0.15) is 5.75 Å². The maximum atomic E-state index is 5.45. The third kappa shape index (κ3) is 5.48. The van der Waals surface area contributed by atoms with Gasteiger partial charge in [-0.25, -0.2) is 4.98 Å². The van der Waals surface area contributed by atoms with Gasteiger partial charge >= 0.3 is 0 Å². The molecule has 1 N–H and O–H groups in total. The van der Waals surface area contributed by atoms with Gasteiger partial charge in [-0.15, -0.1) is 0 Å². The normalized spacial score (nSPS) is 12.3. The average molecular weight is 392 g/mol. The molecular weight excluding hydrogens is 358 g/mol. The molecule has 0 aliphatic carbocycles. The van der Waals surface area contributed by atoms with Gasteiger partial charge in [0.2, 0.25) is 0 Å². The predicted octanol–water partition coefficient (Wildman–Crippen LogP) is 5.83. The van der Waals surface area contributed by atoms with Crippen LogP contribution in [0, 0.1) is 0 Å². The van der Waals surface area contributed by atoms with Crippen LogP contribution < -0.4 is 10.1 Å². The maximum Gasteiger partial charge on any atom is 0.119 e. The molecule has 4 nitrogen and oxygen atoms in total. The fourth-order valence-electron chi connectivity index (χ4n) is 3.71. The Morgan fingerprint density at radius 2 is 1.79 bits per heavy atom. The van der Waals surface area contributed by atoms with Gasteiger partial charge in [-0.1, -0.05) is 44.2 Å². The predicted molar refractivity (Wildman–Crippen MR) is 124 cm³/mol. The van der Waals surface area contributed by atoms with E-state index in [1.54, 1.807) is 7.11 Å². The molecule has 0 aliphatic rings. The second-order valence-electron chi connectivity index (χ2n) is 7.52. The number of nitrogens with one attached hydrogen (secondary N) is 1. The molecule has 1 aromatic heterocycles. The Labute approximate surface area is 174 Å². The van der Waals surface area contributed by atoms with E-state index in [0.29, 0.717) is 6.04 Å². The second kappa shape index (κ2) is 10.3. The van der Waals surface area contributed by atoms with E-state index in [0.717, 1.165) is 59.7 Å². The van der Waals surface area contributed by atoms with Crippen molar-refractivity contribution in [3.63, 3.8) is 0 Å². The number of fused-ring (bicyclic) bond motifs is 1. The monoisotopic (exact) mass is 391 g/mol. The molecule has 0 fully saturated rings. The highest BCUT2D eigenvalue weighted by atomic mass is 16.5. The van der Waals surface area contributed by atoms with Gasteiger partial charge in [-0.3, -0.25) is 0 Å². The molecule has 29 heavy (non-hydrogen) atoms. The average Bonchev–Trinajstić information content (AvgIpc) is 2.77. The minimum atomic E-state index is 0.381. The van der Waals surface area contributed by atoms with Crippen LogP contribution in [0.3, 0.4) is 0 Å². The van der Waals surface area contributed by atoms with Crippen LogP contribution in [0.1, 0.15) is 33.6 Å². The minimum Gasteiger partial charge on any atom is -0.497 e. The first-order valence-electron chi connectivity index (χ1n) is 10.7. The van der Waals surface area contributed by atoms with Crippen LogP contribution >= 0.6 is 0 Å². The topological polar surface area (TPSA) is 37.4 Å². The molecule has 1 heterocycles. The zero-order valence-corrected chi connectivity index (χ0v) is 18.1. The van der Waals surface area contributed by atoms with Crippen LogP contribution in [0.15, 0.2) is 54.6 Å². The number of pyridine rings is 1. The summed E-state index contributed by atoms with van der Waals surface area (Å²) in [4.78, 5) is 7.37. The molecule has 0 saturated carbocycles. The van der Waals surface area contributed by atoms with Gasteiger partial charge in [0, 0.05) is 22.7 Å². The van der Waals surface area contributed by atoms with Crippen LogP contribution in [0.5, 0.6) is 5.75 Å². The van der Waals surface area contributed by atoms with Crippen molar-refractivity contribution in [1.82, 2.24) is 9.88 Å². The molecule has 0 unspecified atom stereocenters. The SMILES string of the molecule is CCN(CC)CCC[C@@H](C)Nc1cc(-c2ccccc2)nc2ccc(OC)cc12. The minimum absolute atomic E-state index is 0.381. The molecule has 1 atom stereocenters. The van der Waals surface area contributed by atoms with Crippen molar-refractivity contribution in [3.05, 3.63) is 54.6 Å². The molecule has 4 heteroatoms. The molecule has 0 saturated heterocycles. The molecule has 0 bridgehead atoms. The fourth-order valence-corrected chi connectivity index (χ4v) is 3.71. The number of rotatable bonds is 10. The smallest absolute Gasteiger partial charge is 0.119 e. The summed E-state index contributed by atoms with van der Waals surface area (Å²) in [7, 11) is 1.70. The number of nitrogens with zero attached hydrogens (tertiary/aromatic N) is 2. The van der Waals surface area contributed by atoms with Crippen molar-refractivity contribution < 1.29 is 4.74 Å². The van der Waals surface area contributed by atoms with Crippen molar-refractivity contribution in [2.24, 2.45) is 0 Å². The van der Waals surface area contributed by atoms with Crippen molar-refractivity contribution >= 4 is 16.6 Å². The van der Waals surface area contributed by atoms with Crippen molar-refractivity contribution in [2.45, 2.75) is 39.7 Å². The molecular formula is C25H33N3O.